The molecule has 0 aliphatic carbocycles. The number of nitrogens with one attached hydrogen (secondary N) is 2. The van der Waals surface area contributed by atoms with Gasteiger partial charge in [-0.2, -0.15) is 0 Å². The van der Waals surface area contributed by atoms with Crippen LogP contribution in [0, 0.1) is 12.7 Å². The Morgan fingerprint density at radius 1 is 1.16 bits per heavy atom. The summed E-state index contributed by atoms with van der Waals surface area (Å²) in [7, 11) is -3.79. The fourth-order valence-electron chi connectivity index (χ4n) is 3.54. The van der Waals surface area contributed by atoms with Crippen molar-refractivity contribution in [3.8, 4) is 16.9 Å². The fourth-order valence-corrected chi connectivity index (χ4v) is 4.09. The molecule has 0 radical (unpaired) electrons. The Labute approximate surface area is 177 Å². The lowest BCUT2D eigenvalue weighted by Crippen LogP contribution is -2.13. The van der Waals surface area contributed by atoms with Gasteiger partial charge in [0, 0.05) is 23.3 Å². The van der Waals surface area contributed by atoms with E-state index < -0.39 is 38.6 Å². The highest BCUT2D eigenvalue weighted by Crippen LogP contribution is 2.34. The van der Waals surface area contributed by atoms with Crippen LogP contribution in [0.15, 0.2) is 54.9 Å². The second-order valence-corrected chi connectivity index (χ2v) is 8.86. The number of phenolic OH excluding ortho intramolecular Hbond substituents is 1. The number of halogens is 1. The maximum Gasteiger partial charge on any atom is 0.229 e. The van der Waals surface area contributed by atoms with Crippen LogP contribution in [0.5, 0.6) is 5.75 Å². The van der Waals surface area contributed by atoms with Crippen LogP contribution in [0.25, 0.3) is 22.2 Å². The highest BCUT2D eigenvalue weighted by molar-refractivity contribution is 7.92. The first-order chi connectivity index (χ1) is 14.7. The summed E-state index contributed by atoms with van der Waals surface area (Å²) in [6.45, 7) is 1.83. The number of aromatic amines is 1. The number of aromatic hydroxyl groups is 1. The Morgan fingerprint density at radius 3 is 2.55 bits per heavy atom. The molecule has 2 heterocycles. The van der Waals surface area contributed by atoms with Crippen LogP contribution in [0.4, 0.5) is 10.1 Å². The number of H-pyrrole nitrogens is 1. The van der Waals surface area contributed by atoms with Crippen LogP contribution in [0.2, 0.25) is 0 Å². The van der Waals surface area contributed by atoms with E-state index in [-0.39, 0.29) is 5.56 Å². The third kappa shape index (κ3) is 3.75. The quantitative estimate of drug-likeness (QED) is 0.322. The maximum absolute atomic E-state index is 15.0. The van der Waals surface area contributed by atoms with Gasteiger partial charge in [0.1, 0.15) is 17.0 Å². The third-order valence-electron chi connectivity index (χ3n) is 4.93. The van der Waals surface area contributed by atoms with Gasteiger partial charge in [-0.1, -0.05) is 30.3 Å². The minimum absolute atomic E-state index is 0.114. The first-order valence-corrected chi connectivity index (χ1v) is 11.1. The van der Waals surface area contributed by atoms with Crippen molar-refractivity contribution in [2.24, 2.45) is 0 Å². The predicted molar refractivity (Wildman–Crippen MR) is 116 cm³/mol. The van der Waals surface area contributed by atoms with Gasteiger partial charge in [-0.3, -0.25) is 9.52 Å². The number of phenols is 1. The molecule has 158 valence electrons. The largest absolute Gasteiger partial charge is 0.507 e. The summed E-state index contributed by atoms with van der Waals surface area (Å²) in [4.78, 5) is 20.5. The van der Waals surface area contributed by atoms with Crippen molar-refractivity contribution >= 4 is 32.5 Å². The van der Waals surface area contributed by atoms with E-state index in [2.05, 4.69) is 9.97 Å². The molecule has 0 saturated carbocycles. The lowest BCUT2D eigenvalue weighted by atomic mass is 9.95. The second kappa shape index (κ2) is 7.51. The first kappa shape index (κ1) is 20.5. The molecular weight excluding hydrogens is 421 g/mol. The molecule has 0 fully saturated rings. The van der Waals surface area contributed by atoms with Gasteiger partial charge >= 0.3 is 0 Å². The van der Waals surface area contributed by atoms with Gasteiger partial charge in [-0.05, 0) is 30.2 Å². The molecule has 3 N–H and O–H groups in total. The van der Waals surface area contributed by atoms with Crippen LogP contribution < -0.4 is 4.72 Å². The van der Waals surface area contributed by atoms with Gasteiger partial charge in [0.2, 0.25) is 15.8 Å². The number of pyridine rings is 1. The molecule has 0 amide bonds. The Morgan fingerprint density at radius 2 is 1.87 bits per heavy atom. The highest BCUT2D eigenvalue weighted by atomic mass is 32.2. The third-order valence-corrected chi connectivity index (χ3v) is 5.52. The Kier molecular flexibility index (Phi) is 4.98. The van der Waals surface area contributed by atoms with Crippen molar-refractivity contribution in [3.05, 3.63) is 77.4 Å². The molecule has 0 aliphatic heterocycles. The van der Waals surface area contributed by atoms with E-state index in [1.54, 1.807) is 6.20 Å². The first-order valence-electron chi connectivity index (χ1n) is 9.23. The zero-order valence-corrected chi connectivity index (χ0v) is 17.4. The fraction of sp³-hybridized carbons (Fsp3) is 0.0909. The average molecular weight is 439 g/mol. The van der Waals surface area contributed by atoms with Gasteiger partial charge in [0.15, 0.2) is 5.82 Å². The SMILES string of the molecule is Cc1c(-c2ccccc2)cnc2[nH]cc(C(=O)c3c(O)ccc(NS(C)(=O)=O)c3F)c12. The van der Waals surface area contributed by atoms with E-state index in [9.17, 15) is 18.3 Å². The zero-order chi connectivity index (χ0) is 22.3. The van der Waals surface area contributed by atoms with E-state index in [4.69, 9.17) is 0 Å². The summed E-state index contributed by atoms with van der Waals surface area (Å²) in [6.07, 6.45) is 3.95. The summed E-state index contributed by atoms with van der Waals surface area (Å²) >= 11 is 0. The summed E-state index contributed by atoms with van der Waals surface area (Å²) in [5.74, 6) is -2.55. The Bertz CT molecular complexity index is 1430. The second-order valence-electron chi connectivity index (χ2n) is 7.11. The van der Waals surface area contributed by atoms with E-state index in [0.29, 0.717) is 11.0 Å². The predicted octanol–water partition coefficient (Wildman–Crippen LogP) is 3.99. The monoisotopic (exact) mass is 439 g/mol. The lowest BCUT2D eigenvalue weighted by Gasteiger charge is -2.11. The molecule has 0 bridgehead atoms. The minimum Gasteiger partial charge on any atom is -0.507 e. The average Bonchev–Trinajstić information content (AvgIpc) is 3.15. The molecule has 0 unspecified atom stereocenters. The zero-order valence-electron chi connectivity index (χ0n) is 16.6. The minimum atomic E-state index is -3.79. The normalized spacial score (nSPS) is 11.6. The molecule has 0 atom stereocenters. The topological polar surface area (TPSA) is 112 Å². The van der Waals surface area contributed by atoms with Gasteiger partial charge in [0.05, 0.1) is 17.5 Å². The summed E-state index contributed by atoms with van der Waals surface area (Å²) in [5, 5.41) is 10.7. The molecule has 4 rings (SSSR count). The number of anilines is 1. The molecule has 0 spiro atoms. The summed E-state index contributed by atoms with van der Waals surface area (Å²) in [5.41, 5.74) is 1.96. The molecule has 31 heavy (non-hydrogen) atoms. The van der Waals surface area contributed by atoms with E-state index in [1.165, 1.54) is 6.20 Å². The van der Waals surface area contributed by atoms with Crippen LogP contribution >= 0.6 is 0 Å². The van der Waals surface area contributed by atoms with Crippen molar-refractivity contribution in [2.45, 2.75) is 6.92 Å². The number of sulfonamides is 1. The van der Waals surface area contributed by atoms with Crippen LogP contribution in [0.1, 0.15) is 21.5 Å². The van der Waals surface area contributed by atoms with Gasteiger partial charge in [0.25, 0.3) is 0 Å². The van der Waals surface area contributed by atoms with Crippen molar-refractivity contribution in [2.75, 3.05) is 11.0 Å². The van der Waals surface area contributed by atoms with E-state index in [1.807, 2.05) is 42.0 Å². The summed E-state index contributed by atoms with van der Waals surface area (Å²) < 4.78 is 40.0. The van der Waals surface area contributed by atoms with Gasteiger partial charge in [-0.15, -0.1) is 0 Å². The maximum atomic E-state index is 15.0. The molecule has 4 aromatic rings. The number of rotatable bonds is 5. The van der Waals surface area contributed by atoms with Crippen molar-refractivity contribution < 1.29 is 22.7 Å². The number of fused-ring (bicyclic) bond motifs is 1. The van der Waals surface area contributed by atoms with E-state index >= 15 is 4.39 Å². The standard InChI is InChI=1S/C22H18FN3O4S/c1-12-14(13-6-4-3-5-7-13)10-24-22-18(12)15(11-25-22)21(28)19-17(27)9-8-16(20(19)23)26-31(2,29)30/h3-11,26-27H,1-2H3,(H,24,25). The summed E-state index contributed by atoms with van der Waals surface area (Å²) in [6, 6.07) is 11.6. The van der Waals surface area contributed by atoms with Crippen molar-refractivity contribution in [1.29, 1.82) is 0 Å². The number of carbonyl (C=O) groups is 1. The van der Waals surface area contributed by atoms with Gasteiger partial charge in [-0.25, -0.2) is 17.8 Å². The Balaban J connectivity index is 1.89. The van der Waals surface area contributed by atoms with Crippen LogP contribution in [0.3, 0.4) is 0 Å². The van der Waals surface area contributed by atoms with Crippen LogP contribution in [-0.2, 0) is 10.0 Å². The van der Waals surface area contributed by atoms with Crippen molar-refractivity contribution in [1.82, 2.24) is 9.97 Å². The molecular formula is C22H18FN3O4S. The van der Waals surface area contributed by atoms with Crippen molar-refractivity contribution in [3.63, 3.8) is 0 Å². The number of nitrogens with zero attached hydrogens (tertiary/aromatic N) is 1. The van der Waals surface area contributed by atoms with Crippen LogP contribution in [-0.4, -0.2) is 35.5 Å². The highest BCUT2D eigenvalue weighted by Gasteiger charge is 2.26. The Hall–Kier alpha value is -3.72. The lowest BCUT2D eigenvalue weighted by molar-refractivity contribution is 0.103. The molecule has 2 aromatic heterocycles. The molecule has 0 saturated heterocycles. The molecule has 7 nitrogen and oxygen atoms in total. The number of ketones is 1. The number of aryl methyl sites for hydroxylation is 1. The smallest absolute Gasteiger partial charge is 0.229 e. The van der Waals surface area contributed by atoms with E-state index in [0.717, 1.165) is 35.1 Å². The number of benzene rings is 2. The molecule has 2 aromatic carbocycles. The van der Waals surface area contributed by atoms with Gasteiger partial charge < -0.3 is 10.1 Å². The number of hydrogen-bond acceptors (Lipinski definition) is 5. The number of carbonyl (C=O) groups excluding carboxylic acids is 1. The number of aromatic nitrogens is 2. The number of hydrogen-bond donors (Lipinski definition) is 3. The molecule has 0 aliphatic rings. The molecule has 9 heteroatoms.